The van der Waals surface area contributed by atoms with Crippen molar-refractivity contribution in [3.63, 3.8) is 0 Å². The van der Waals surface area contributed by atoms with Gasteiger partial charge in [-0.15, -0.1) is 12.4 Å². The first-order valence-electron chi connectivity index (χ1n) is 12.9. The van der Waals surface area contributed by atoms with Gasteiger partial charge in [-0.1, -0.05) is 0 Å². The van der Waals surface area contributed by atoms with Crippen LogP contribution >= 0.6 is 12.4 Å². The molecule has 3 heterocycles. The Morgan fingerprint density at radius 2 is 1.53 bits per heavy atom. The molecule has 1 N–H and O–H groups in total. The molecule has 0 saturated carbocycles. The lowest BCUT2D eigenvalue weighted by Gasteiger charge is -2.35. The Morgan fingerprint density at radius 3 is 2.11 bits per heavy atom. The molecule has 2 saturated heterocycles. The van der Waals surface area contributed by atoms with Crippen LogP contribution in [0.2, 0.25) is 0 Å². The van der Waals surface area contributed by atoms with Crippen molar-refractivity contribution in [2.45, 2.75) is 58.2 Å². The molecule has 8 heteroatoms. The number of nitrogens with zero attached hydrogens (tertiary/aromatic N) is 2. The van der Waals surface area contributed by atoms with E-state index in [1.54, 1.807) is 25.8 Å². The highest BCUT2D eigenvalue weighted by atomic mass is 35.5. The third-order valence-electron chi connectivity index (χ3n) is 7.73. The molecule has 2 aliphatic heterocycles. The van der Waals surface area contributed by atoms with Crippen LogP contribution in [0.5, 0.6) is 11.5 Å². The van der Waals surface area contributed by atoms with Crippen LogP contribution in [0.4, 0.5) is 0 Å². The van der Waals surface area contributed by atoms with E-state index in [-0.39, 0.29) is 18.0 Å². The van der Waals surface area contributed by atoms with E-state index in [1.165, 1.54) is 0 Å². The third-order valence-corrected chi connectivity index (χ3v) is 7.73. The van der Waals surface area contributed by atoms with Crippen LogP contribution in [-0.4, -0.2) is 68.6 Å². The van der Waals surface area contributed by atoms with Gasteiger partial charge < -0.3 is 29.0 Å². The zero-order chi connectivity index (χ0) is 24.9. The molecule has 0 bridgehead atoms. The van der Waals surface area contributed by atoms with E-state index < -0.39 is 0 Å². The van der Waals surface area contributed by atoms with Gasteiger partial charge in [-0.25, -0.2) is 0 Å². The largest absolute Gasteiger partial charge is 0.496 e. The molecule has 2 aromatic rings. The second kappa shape index (κ2) is 13.0. The van der Waals surface area contributed by atoms with E-state index in [9.17, 15) is 4.79 Å². The van der Waals surface area contributed by atoms with E-state index in [1.807, 2.05) is 20.0 Å². The highest BCUT2D eigenvalue weighted by Gasteiger charge is 2.24. The van der Waals surface area contributed by atoms with Crippen LogP contribution in [0.1, 0.15) is 42.4 Å². The lowest BCUT2D eigenvalue weighted by Crippen LogP contribution is -2.41. The van der Waals surface area contributed by atoms with Crippen molar-refractivity contribution in [1.29, 1.82) is 0 Å². The summed E-state index contributed by atoms with van der Waals surface area (Å²) in [4.78, 5) is 14.9. The summed E-state index contributed by atoms with van der Waals surface area (Å²) in [6.45, 7) is 9.12. The summed E-state index contributed by atoms with van der Waals surface area (Å²) in [5.41, 5.74) is 4.88. The van der Waals surface area contributed by atoms with Crippen LogP contribution in [0.25, 0.3) is 11.1 Å². The first-order valence-corrected chi connectivity index (χ1v) is 12.9. The zero-order valence-electron chi connectivity index (χ0n) is 22.4. The number of aryl methyl sites for hydroxylation is 1. The Balaban J connectivity index is 0.00000361. The van der Waals surface area contributed by atoms with E-state index >= 15 is 0 Å². The standard InChI is InChI=1S/C28H41N3O4.ClH/c1-19-20(2)28(32)30(3)18-25(19)21-16-26(33-4)24(27(17-21)34-5)10-15-31-13-8-23(9-14-31)35-22-6-11-29-12-7-22;/h16-18,22-23,29H,6-15H2,1-5H3;1H. The number of halogens is 1. The van der Waals surface area contributed by atoms with Crippen molar-refractivity contribution in [2.75, 3.05) is 46.9 Å². The number of hydrogen-bond donors (Lipinski definition) is 1. The summed E-state index contributed by atoms with van der Waals surface area (Å²) in [6.07, 6.45) is 8.05. The fraction of sp³-hybridized carbons (Fsp3) is 0.607. The predicted molar refractivity (Wildman–Crippen MR) is 147 cm³/mol. The molecule has 2 fully saturated rings. The van der Waals surface area contributed by atoms with Crippen molar-refractivity contribution in [3.05, 3.63) is 45.4 Å². The third kappa shape index (κ3) is 6.43. The van der Waals surface area contributed by atoms with Gasteiger partial charge in [0.05, 0.1) is 26.4 Å². The molecule has 200 valence electrons. The maximum Gasteiger partial charge on any atom is 0.253 e. The average Bonchev–Trinajstić information content (AvgIpc) is 2.89. The molecule has 1 aromatic carbocycles. The molecule has 0 unspecified atom stereocenters. The van der Waals surface area contributed by atoms with Crippen molar-refractivity contribution in [1.82, 2.24) is 14.8 Å². The molecular formula is C28H42ClN3O4. The predicted octanol–water partition coefficient (Wildman–Crippen LogP) is 3.88. The number of rotatable bonds is 8. The molecule has 0 atom stereocenters. The van der Waals surface area contributed by atoms with Crippen LogP contribution in [0, 0.1) is 13.8 Å². The van der Waals surface area contributed by atoms with Crippen molar-refractivity contribution in [2.24, 2.45) is 7.05 Å². The zero-order valence-corrected chi connectivity index (χ0v) is 23.2. The Bertz CT molecular complexity index is 1050. The maximum atomic E-state index is 12.3. The van der Waals surface area contributed by atoms with E-state index in [0.29, 0.717) is 12.2 Å². The summed E-state index contributed by atoms with van der Waals surface area (Å²) in [5, 5.41) is 3.41. The van der Waals surface area contributed by atoms with Gasteiger partial charge in [-0.3, -0.25) is 4.79 Å². The maximum absolute atomic E-state index is 12.3. The summed E-state index contributed by atoms with van der Waals surface area (Å²) in [7, 11) is 5.22. The lowest BCUT2D eigenvalue weighted by atomic mass is 9.96. The Labute approximate surface area is 221 Å². The summed E-state index contributed by atoms with van der Waals surface area (Å²) in [5.74, 6) is 1.66. The molecule has 0 radical (unpaired) electrons. The summed E-state index contributed by atoms with van der Waals surface area (Å²) in [6, 6.07) is 4.15. The number of pyridine rings is 1. The Morgan fingerprint density at radius 1 is 0.944 bits per heavy atom. The van der Waals surface area contributed by atoms with E-state index in [2.05, 4.69) is 22.3 Å². The fourth-order valence-electron chi connectivity index (χ4n) is 5.40. The number of aromatic nitrogens is 1. The number of hydrogen-bond acceptors (Lipinski definition) is 6. The molecule has 0 amide bonds. The highest BCUT2D eigenvalue weighted by Crippen LogP contribution is 2.37. The van der Waals surface area contributed by atoms with Crippen molar-refractivity contribution >= 4 is 12.4 Å². The summed E-state index contributed by atoms with van der Waals surface area (Å²) < 4.78 is 19.7. The second-order valence-corrected chi connectivity index (χ2v) is 9.94. The van der Waals surface area contributed by atoms with Crippen molar-refractivity contribution in [3.8, 4) is 22.6 Å². The second-order valence-electron chi connectivity index (χ2n) is 9.94. The molecule has 7 nitrogen and oxygen atoms in total. The number of ether oxygens (including phenoxy) is 3. The number of methoxy groups -OCH3 is 2. The van der Waals surface area contributed by atoms with Gasteiger partial charge in [-0.2, -0.15) is 0 Å². The van der Waals surface area contributed by atoms with Gasteiger partial charge >= 0.3 is 0 Å². The van der Waals surface area contributed by atoms with E-state index in [0.717, 1.165) is 104 Å². The van der Waals surface area contributed by atoms with Gasteiger partial charge in [0, 0.05) is 49.6 Å². The Hall–Kier alpha value is -2.06. The number of likely N-dealkylation sites (tertiary alicyclic amines) is 1. The molecule has 0 aliphatic carbocycles. The van der Waals surface area contributed by atoms with Gasteiger partial charge in [0.25, 0.3) is 5.56 Å². The molecule has 36 heavy (non-hydrogen) atoms. The first kappa shape index (κ1) is 28.5. The number of piperidine rings is 2. The molecular weight excluding hydrogens is 478 g/mol. The fourth-order valence-corrected chi connectivity index (χ4v) is 5.40. The molecule has 1 aromatic heterocycles. The normalized spacial score (nSPS) is 17.6. The quantitative estimate of drug-likeness (QED) is 0.571. The smallest absolute Gasteiger partial charge is 0.253 e. The van der Waals surface area contributed by atoms with Gasteiger partial charge in [0.1, 0.15) is 11.5 Å². The number of nitrogens with one attached hydrogen (secondary N) is 1. The van der Waals surface area contributed by atoms with Gasteiger partial charge in [0.2, 0.25) is 0 Å². The SMILES string of the molecule is COc1cc(-c2cn(C)c(=O)c(C)c2C)cc(OC)c1CCN1CCC(OC2CCNCC2)CC1.Cl. The minimum absolute atomic E-state index is 0. The molecule has 2 aliphatic rings. The highest BCUT2D eigenvalue weighted by molar-refractivity contribution is 5.85. The van der Waals surface area contributed by atoms with Gasteiger partial charge in [0.15, 0.2) is 0 Å². The minimum atomic E-state index is 0. The Kier molecular flexibility index (Phi) is 10.3. The number of benzene rings is 1. The summed E-state index contributed by atoms with van der Waals surface area (Å²) >= 11 is 0. The molecule has 0 spiro atoms. The average molecular weight is 520 g/mol. The monoisotopic (exact) mass is 519 g/mol. The van der Waals surface area contributed by atoms with Crippen LogP contribution in [-0.2, 0) is 18.2 Å². The van der Waals surface area contributed by atoms with Crippen molar-refractivity contribution < 1.29 is 14.2 Å². The van der Waals surface area contributed by atoms with Crippen LogP contribution in [0.15, 0.2) is 23.1 Å². The van der Waals surface area contributed by atoms with Crippen LogP contribution < -0.4 is 20.3 Å². The topological polar surface area (TPSA) is 65.0 Å². The van der Waals surface area contributed by atoms with E-state index in [4.69, 9.17) is 14.2 Å². The van der Waals surface area contributed by atoms with Crippen LogP contribution in [0.3, 0.4) is 0 Å². The molecule has 4 rings (SSSR count). The van der Waals surface area contributed by atoms with Gasteiger partial charge in [-0.05, 0) is 82.3 Å². The minimum Gasteiger partial charge on any atom is -0.496 e. The first-order chi connectivity index (χ1) is 16.9. The lowest BCUT2D eigenvalue weighted by molar-refractivity contribution is -0.0529.